The van der Waals surface area contributed by atoms with Crippen molar-refractivity contribution in [1.29, 1.82) is 0 Å². The third-order valence-electron chi connectivity index (χ3n) is 9.97. The first-order valence-corrected chi connectivity index (χ1v) is 22.2. The molecule has 0 spiro atoms. The SMILES string of the molecule is CCCCCCCCCCCC(=O)OC[C@H](COC(=O)CCCCCCCCC(C)C)OC(=O)CCCCCCCCCCCCCCC(C)C. The van der Waals surface area contributed by atoms with Crippen molar-refractivity contribution in [3.05, 3.63) is 0 Å². The summed E-state index contributed by atoms with van der Waals surface area (Å²) in [4.78, 5) is 37.6. The van der Waals surface area contributed by atoms with E-state index in [0.717, 1.165) is 69.6 Å². The highest BCUT2D eigenvalue weighted by Crippen LogP contribution is 2.16. The molecule has 0 rings (SSSR count). The molecule has 0 aromatic carbocycles. The van der Waals surface area contributed by atoms with Gasteiger partial charge in [0.2, 0.25) is 0 Å². The van der Waals surface area contributed by atoms with E-state index >= 15 is 0 Å². The van der Waals surface area contributed by atoms with Crippen molar-refractivity contribution >= 4 is 17.9 Å². The molecule has 302 valence electrons. The van der Waals surface area contributed by atoms with Gasteiger partial charge in [-0.1, -0.05) is 202 Å². The van der Waals surface area contributed by atoms with Crippen molar-refractivity contribution in [3.8, 4) is 0 Å². The van der Waals surface area contributed by atoms with Gasteiger partial charge in [-0.3, -0.25) is 14.4 Å². The van der Waals surface area contributed by atoms with Crippen LogP contribution in [0.5, 0.6) is 0 Å². The van der Waals surface area contributed by atoms with E-state index in [4.69, 9.17) is 14.2 Å². The Labute approximate surface area is 317 Å². The molecule has 0 fully saturated rings. The lowest BCUT2D eigenvalue weighted by atomic mass is 10.0. The van der Waals surface area contributed by atoms with Crippen LogP contribution in [0.15, 0.2) is 0 Å². The van der Waals surface area contributed by atoms with E-state index in [1.807, 2.05) is 0 Å². The molecule has 0 heterocycles. The van der Waals surface area contributed by atoms with Gasteiger partial charge in [-0.15, -0.1) is 0 Å². The number of esters is 3. The highest BCUT2D eigenvalue weighted by atomic mass is 16.6. The Morgan fingerprint density at radius 2 is 0.647 bits per heavy atom. The molecule has 1 atom stereocenters. The fraction of sp³-hybridized carbons (Fsp3) is 0.933. The summed E-state index contributed by atoms with van der Waals surface area (Å²) in [5.41, 5.74) is 0. The van der Waals surface area contributed by atoms with Gasteiger partial charge in [-0.2, -0.15) is 0 Å². The molecule has 0 unspecified atom stereocenters. The minimum atomic E-state index is -0.760. The normalized spacial score (nSPS) is 12.1. The minimum Gasteiger partial charge on any atom is -0.462 e. The maximum atomic E-state index is 12.7. The Hall–Kier alpha value is -1.59. The summed E-state index contributed by atoms with van der Waals surface area (Å²) in [7, 11) is 0. The minimum absolute atomic E-state index is 0.0659. The number of unbranched alkanes of at least 4 members (excludes halogenated alkanes) is 24. The van der Waals surface area contributed by atoms with Crippen molar-refractivity contribution < 1.29 is 28.6 Å². The fourth-order valence-electron chi connectivity index (χ4n) is 6.58. The zero-order valence-corrected chi connectivity index (χ0v) is 34.7. The summed E-state index contributed by atoms with van der Waals surface area (Å²) in [6.45, 7) is 11.2. The topological polar surface area (TPSA) is 78.9 Å². The lowest BCUT2D eigenvalue weighted by molar-refractivity contribution is -0.167. The van der Waals surface area contributed by atoms with Crippen LogP contribution in [-0.2, 0) is 28.6 Å². The molecular formula is C45H86O6. The summed E-state index contributed by atoms with van der Waals surface area (Å²) in [5.74, 6) is 0.730. The first-order chi connectivity index (χ1) is 24.7. The number of hydrogen-bond donors (Lipinski definition) is 0. The lowest BCUT2D eigenvalue weighted by Gasteiger charge is -2.18. The van der Waals surface area contributed by atoms with Crippen LogP contribution in [-0.4, -0.2) is 37.2 Å². The molecule has 0 aromatic rings. The molecule has 0 aliphatic heterocycles. The van der Waals surface area contributed by atoms with Gasteiger partial charge in [0, 0.05) is 19.3 Å². The van der Waals surface area contributed by atoms with Crippen molar-refractivity contribution in [1.82, 2.24) is 0 Å². The van der Waals surface area contributed by atoms with Crippen LogP contribution in [0, 0.1) is 11.8 Å². The lowest BCUT2D eigenvalue weighted by Crippen LogP contribution is -2.30. The van der Waals surface area contributed by atoms with Crippen molar-refractivity contribution in [3.63, 3.8) is 0 Å². The molecule has 0 aromatic heterocycles. The summed E-state index contributed by atoms with van der Waals surface area (Å²) in [6.07, 6.45) is 35.3. The van der Waals surface area contributed by atoms with Gasteiger partial charge in [0.05, 0.1) is 0 Å². The van der Waals surface area contributed by atoms with Crippen LogP contribution in [0.3, 0.4) is 0 Å². The highest BCUT2D eigenvalue weighted by molar-refractivity contribution is 5.71. The largest absolute Gasteiger partial charge is 0.462 e. The monoisotopic (exact) mass is 723 g/mol. The average Bonchev–Trinajstić information content (AvgIpc) is 3.09. The number of rotatable bonds is 39. The van der Waals surface area contributed by atoms with E-state index in [0.29, 0.717) is 19.3 Å². The molecule has 0 aliphatic carbocycles. The average molecular weight is 723 g/mol. The molecule has 0 amide bonds. The quantitative estimate of drug-likeness (QED) is 0.0357. The van der Waals surface area contributed by atoms with Gasteiger partial charge in [0.1, 0.15) is 13.2 Å². The standard InChI is InChI=1S/C45H86O6/c1-6-7-8-9-10-15-19-25-30-35-43(46)49-38-42(39-50-44(47)36-31-26-22-21-24-29-34-41(4)5)51-45(48)37-32-27-20-17-14-12-11-13-16-18-23-28-33-40(2)3/h40-42H,6-39H2,1-5H3/t42-/m1/s1. The zero-order valence-electron chi connectivity index (χ0n) is 34.7. The predicted molar refractivity (Wildman–Crippen MR) is 215 cm³/mol. The van der Waals surface area contributed by atoms with Crippen LogP contribution in [0.2, 0.25) is 0 Å². The molecule has 51 heavy (non-hydrogen) atoms. The molecule has 0 saturated heterocycles. The van der Waals surface area contributed by atoms with Crippen molar-refractivity contribution in [2.24, 2.45) is 11.8 Å². The van der Waals surface area contributed by atoms with Crippen LogP contribution in [0.4, 0.5) is 0 Å². The molecule has 0 radical (unpaired) electrons. The van der Waals surface area contributed by atoms with Gasteiger partial charge in [-0.25, -0.2) is 0 Å². The molecule has 6 nitrogen and oxygen atoms in total. The highest BCUT2D eigenvalue weighted by Gasteiger charge is 2.19. The van der Waals surface area contributed by atoms with Gasteiger partial charge < -0.3 is 14.2 Å². The number of hydrogen-bond acceptors (Lipinski definition) is 6. The van der Waals surface area contributed by atoms with Crippen LogP contribution < -0.4 is 0 Å². The molecule has 0 N–H and O–H groups in total. The Kier molecular flexibility index (Phi) is 37.0. The molecule has 0 saturated carbocycles. The Morgan fingerprint density at radius 1 is 0.373 bits per heavy atom. The summed E-state index contributed by atoms with van der Waals surface area (Å²) >= 11 is 0. The third-order valence-corrected chi connectivity index (χ3v) is 9.97. The van der Waals surface area contributed by atoms with Gasteiger partial charge in [0.15, 0.2) is 6.10 Å². The van der Waals surface area contributed by atoms with E-state index in [-0.39, 0.29) is 31.1 Å². The van der Waals surface area contributed by atoms with Gasteiger partial charge in [-0.05, 0) is 31.1 Å². The van der Waals surface area contributed by atoms with Crippen LogP contribution in [0.25, 0.3) is 0 Å². The Bertz CT molecular complexity index is 779. The second kappa shape index (κ2) is 38.1. The zero-order chi connectivity index (χ0) is 37.6. The third kappa shape index (κ3) is 39.5. The Balaban J connectivity index is 4.30. The van der Waals surface area contributed by atoms with Gasteiger partial charge >= 0.3 is 17.9 Å². The van der Waals surface area contributed by atoms with Crippen molar-refractivity contribution in [2.75, 3.05) is 13.2 Å². The first-order valence-electron chi connectivity index (χ1n) is 22.2. The first kappa shape index (κ1) is 49.4. The maximum Gasteiger partial charge on any atom is 0.306 e. The predicted octanol–water partition coefficient (Wildman–Crippen LogP) is 13.8. The van der Waals surface area contributed by atoms with E-state index in [1.165, 1.54) is 128 Å². The van der Waals surface area contributed by atoms with Crippen LogP contribution in [0.1, 0.15) is 240 Å². The molecule has 6 heteroatoms. The number of carbonyl (C=O) groups excluding carboxylic acids is 3. The fourth-order valence-corrected chi connectivity index (χ4v) is 6.58. The van der Waals surface area contributed by atoms with E-state index < -0.39 is 6.10 Å². The number of carbonyl (C=O) groups is 3. The van der Waals surface area contributed by atoms with Gasteiger partial charge in [0.25, 0.3) is 0 Å². The Morgan fingerprint density at radius 3 is 0.961 bits per heavy atom. The van der Waals surface area contributed by atoms with E-state index in [9.17, 15) is 14.4 Å². The summed E-state index contributed by atoms with van der Waals surface area (Å²) in [5, 5.41) is 0. The molecular weight excluding hydrogens is 636 g/mol. The number of ether oxygens (including phenoxy) is 3. The van der Waals surface area contributed by atoms with E-state index in [2.05, 4.69) is 34.6 Å². The van der Waals surface area contributed by atoms with Crippen LogP contribution >= 0.6 is 0 Å². The summed E-state index contributed by atoms with van der Waals surface area (Å²) in [6, 6.07) is 0. The molecule has 0 bridgehead atoms. The van der Waals surface area contributed by atoms with E-state index in [1.54, 1.807) is 0 Å². The van der Waals surface area contributed by atoms with Crippen molar-refractivity contribution in [2.45, 2.75) is 246 Å². The second-order valence-electron chi connectivity index (χ2n) is 16.3. The second-order valence-corrected chi connectivity index (χ2v) is 16.3. The molecule has 0 aliphatic rings. The summed E-state index contributed by atoms with van der Waals surface area (Å²) < 4.78 is 16.7. The maximum absolute atomic E-state index is 12.7. The smallest absolute Gasteiger partial charge is 0.306 e.